The van der Waals surface area contributed by atoms with Gasteiger partial charge in [0.1, 0.15) is 0 Å². The van der Waals surface area contributed by atoms with E-state index in [1.165, 1.54) is 13.5 Å². The second-order valence-electron chi connectivity index (χ2n) is 5.26. The number of carbonyl (C=O) groups excluding carboxylic acids is 1. The van der Waals surface area contributed by atoms with Crippen molar-refractivity contribution in [1.29, 1.82) is 0 Å². The van der Waals surface area contributed by atoms with Gasteiger partial charge in [0.05, 0.1) is 12.5 Å². The van der Waals surface area contributed by atoms with Gasteiger partial charge in [-0.2, -0.15) is 0 Å². The lowest BCUT2D eigenvalue weighted by molar-refractivity contribution is -0.157. The highest BCUT2D eigenvalue weighted by Crippen LogP contribution is 2.53. The molecule has 0 aliphatic heterocycles. The van der Waals surface area contributed by atoms with Crippen molar-refractivity contribution in [3.8, 4) is 0 Å². The molecule has 4 atom stereocenters. The van der Waals surface area contributed by atoms with Crippen molar-refractivity contribution in [3.05, 3.63) is 0 Å². The maximum Gasteiger partial charge on any atom is 0.312 e. The number of methoxy groups -OCH3 is 1. The molecule has 1 saturated carbocycles. The van der Waals surface area contributed by atoms with Gasteiger partial charge in [0, 0.05) is 0 Å². The Labute approximate surface area is 93.4 Å². The Morgan fingerprint density at radius 3 is 2.53 bits per heavy atom. The van der Waals surface area contributed by atoms with Crippen molar-refractivity contribution in [2.24, 2.45) is 23.2 Å². The van der Waals surface area contributed by atoms with Crippen LogP contribution in [-0.2, 0) is 9.53 Å². The summed E-state index contributed by atoms with van der Waals surface area (Å²) in [4.78, 5) is 12.0. The average Bonchev–Trinajstić information content (AvgIpc) is 2.44. The van der Waals surface area contributed by atoms with E-state index in [4.69, 9.17) is 4.74 Å². The molecule has 0 spiro atoms. The molecular formula is C13H24O2. The van der Waals surface area contributed by atoms with Crippen molar-refractivity contribution in [2.45, 2.75) is 47.0 Å². The van der Waals surface area contributed by atoms with Crippen LogP contribution in [0.4, 0.5) is 0 Å². The van der Waals surface area contributed by atoms with Crippen LogP contribution < -0.4 is 0 Å². The first kappa shape index (κ1) is 12.5. The van der Waals surface area contributed by atoms with Gasteiger partial charge in [-0.1, -0.05) is 27.2 Å². The third kappa shape index (κ3) is 1.91. The van der Waals surface area contributed by atoms with Gasteiger partial charge in [-0.3, -0.25) is 4.79 Å². The molecule has 0 radical (unpaired) electrons. The lowest BCUT2D eigenvalue weighted by atomic mass is 9.72. The first-order chi connectivity index (χ1) is 6.98. The van der Waals surface area contributed by atoms with Crippen molar-refractivity contribution in [2.75, 3.05) is 7.11 Å². The monoisotopic (exact) mass is 212 g/mol. The summed E-state index contributed by atoms with van der Waals surface area (Å²) in [5.41, 5.74) is -0.260. The normalized spacial score (nSPS) is 40.5. The number of hydrogen-bond donors (Lipinski definition) is 0. The van der Waals surface area contributed by atoms with Gasteiger partial charge in [0.2, 0.25) is 0 Å². The Hall–Kier alpha value is -0.530. The summed E-state index contributed by atoms with van der Waals surface area (Å²) >= 11 is 0. The Kier molecular flexibility index (Phi) is 3.80. The van der Waals surface area contributed by atoms with Crippen molar-refractivity contribution < 1.29 is 9.53 Å². The summed E-state index contributed by atoms with van der Waals surface area (Å²) in [5, 5.41) is 0. The summed E-state index contributed by atoms with van der Waals surface area (Å²) in [5.74, 6) is 1.55. The second-order valence-corrected chi connectivity index (χ2v) is 5.26. The molecule has 0 saturated heterocycles. The molecule has 1 aliphatic rings. The minimum absolute atomic E-state index is 0.0159. The molecule has 0 N–H and O–H groups in total. The fourth-order valence-corrected chi connectivity index (χ4v) is 3.20. The van der Waals surface area contributed by atoms with E-state index in [1.54, 1.807) is 0 Å². The van der Waals surface area contributed by atoms with Crippen molar-refractivity contribution in [1.82, 2.24) is 0 Å². The molecule has 0 bridgehead atoms. The summed E-state index contributed by atoms with van der Waals surface area (Å²) in [6, 6.07) is 0. The van der Waals surface area contributed by atoms with E-state index >= 15 is 0 Å². The summed E-state index contributed by atoms with van der Waals surface area (Å²) in [7, 11) is 1.51. The molecule has 0 aromatic carbocycles. The zero-order valence-corrected chi connectivity index (χ0v) is 10.7. The van der Waals surface area contributed by atoms with Crippen LogP contribution in [0, 0.1) is 23.2 Å². The van der Waals surface area contributed by atoms with Crippen LogP contribution in [0.25, 0.3) is 0 Å². The SMILES string of the molecule is CCCC1CC(C)C(C)C1(C)C(=O)OC. The minimum atomic E-state index is -0.260. The molecule has 88 valence electrons. The second kappa shape index (κ2) is 4.54. The fraction of sp³-hybridized carbons (Fsp3) is 0.923. The minimum Gasteiger partial charge on any atom is -0.469 e. The molecule has 1 aliphatic carbocycles. The van der Waals surface area contributed by atoms with Gasteiger partial charge in [-0.15, -0.1) is 0 Å². The van der Waals surface area contributed by atoms with Crippen LogP contribution in [0.2, 0.25) is 0 Å². The van der Waals surface area contributed by atoms with E-state index in [0.717, 1.165) is 12.8 Å². The molecule has 1 rings (SSSR count). The maximum absolute atomic E-state index is 12.0. The van der Waals surface area contributed by atoms with Gasteiger partial charge in [-0.25, -0.2) is 0 Å². The van der Waals surface area contributed by atoms with Crippen LogP contribution in [-0.4, -0.2) is 13.1 Å². The highest BCUT2D eigenvalue weighted by atomic mass is 16.5. The molecule has 0 aromatic rings. The van der Waals surface area contributed by atoms with Crippen molar-refractivity contribution in [3.63, 3.8) is 0 Å². The summed E-state index contributed by atoms with van der Waals surface area (Å²) in [6.45, 7) is 8.72. The van der Waals surface area contributed by atoms with Gasteiger partial charge in [0.15, 0.2) is 0 Å². The molecule has 0 aromatic heterocycles. The van der Waals surface area contributed by atoms with Crippen molar-refractivity contribution >= 4 is 5.97 Å². The Bertz CT molecular complexity index is 237. The number of carbonyl (C=O) groups is 1. The molecule has 0 amide bonds. The van der Waals surface area contributed by atoms with Crippen LogP contribution in [0.5, 0.6) is 0 Å². The van der Waals surface area contributed by atoms with Crippen LogP contribution in [0.15, 0.2) is 0 Å². The van der Waals surface area contributed by atoms with E-state index in [2.05, 4.69) is 27.7 Å². The van der Waals surface area contributed by atoms with E-state index in [1.807, 2.05) is 0 Å². The smallest absolute Gasteiger partial charge is 0.312 e. The summed E-state index contributed by atoms with van der Waals surface area (Å²) < 4.78 is 4.99. The Balaban J connectivity index is 2.93. The van der Waals surface area contributed by atoms with E-state index in [9.17, 15) is 4.79 Å². The first-order valence-corrected chi connectivity index (χ1v) is 6.06. The van der Waals surface area contributed by atoms with E-state index < -0.39 is 0 Å². The Morgan fingerprint density at radius 1 is 1.47 bits per heavy atom. The van der Waals surface area contributed by atoms with Gasteiger partial charge in [0.25, 0.3) is 0 Å². The number of ether oxygens (including phenoxy) is 1. The average molecular weight is 212 g/mol. The largest absolute Gasteiger partial charge is 0.469 e. The molecule has 2 nitrogen and oxygen atoms in total. The zero-order valence-electron chi connectivity index (χ0n) is 10.7. The molecule has 1 fully saturated rings. The molecule has 2 heteroatoms. The maximum atomic E-state index is 12.0. The standard InChI is InChI=1S/C13H24O2/c1-6-7-11-8-9(2)10(3)13(11,4)12(14)15-5/h9-11H,6-8H2,1-5H3. The Morgan fingerprint density at radius 2 is 2.07 bits per heavy atom. The number of hydrogen-bond acceptors (Lipinski definition) is 2. The third-order valence-corrected chi connectivity index (χ3v) is 4.57. The van der Waals surface area contributed by atoms with Gasteiger partial charge >= 0.3 is 5.97 Å². The fourth-order valence-electron chi connectivity index (χ4n) is 3.20. The quantitative estimate of drug-likeness (QED) is 0.671. The molecule has 4 unspecified atom stereocenters. The highest BCUT2D eigenvalue weighted by Gasteiger charge is 2.53. The first-order valence-electron chi connectivity index (χ1n) is 6.06. The third-order valence-electron chi connectivity index (χ3n) is 4.57. The molecule has 0 heterocycles. The number of esters is 1. The van der Waals surface area contributed by atoms with E-state index in [-0.39, 0.29) is 11.4 Å². The lowest BCUT2D eigenvalue weighted by Gasteiger charge is -2.32. The van der Waals surface area contributed by atoms with Gasteiger partial charge in [-0.05, 0) is 37.5 Å². The summed E-state index contributed by atoms with van der Waals surface area (Å²) in [6.07, 6.45) is 3.46. The topological polar surface area (TPSA) is 26.3 Å². The van der Waals surface area contributed by atoms with Gasteiger partial charge < -0.3 is 4.74 Å². The van der Waals surface area contributed by atoms with Crippen LogP contribution >= 0.6 is 0 Å². The zero-order chi connectivity index (χ0) is 11.6. The van der Waals surface area contributed by atoms with Crippen LogP contribution in [0.3, 0.4) is 0 Å². The van der Waals surface area contributed by atoms with Crippen LogP contribution in [0.1, 0.15) is 47.0 Å². The highest BCUT2D eigenvalue weighted by molar-refractivity contribution is 5.77. The van der Waals surface area contributed by atoms with E-state index in [0.29, 0.717) is 17.8 Å². The molecular weight excluding hydrogens is 188 g/mol. The lowest BCUT2D eigenvalue weighted by Crippen LogP contribution is -2.38. The predicted molar refractivity (Wildman–Crippen MR) is 61.5 cm³/mol. The predicted octanol–water partition coefficient (Wildman–Crippen LogP) is 3.26. The number of rotatable bonds is 3. The molecule has 15 heavy (non-hydrogen) atoms.